The second-order valence-electron chi connectivity index (χ2n) is 8.18. The maximum atomic E-state index is 12.9. The number of ether oxygens (including phenoxy) is 1. The smallest absolute Gasteiger partial charge is 0.410 e. The zero-order valence-electron chi connectivity index (χ0n) is 15.6. The number of amides is 1. The molecule has 1 amide bonds. The Hall–Kier alpha value is -2.42. The van der Waals surface area contributed by atoms with E-state index in [0.29, 0.717) is 18.5 Å². The Labute approximate surface area is 154 Å². The zero-order valence-corrected chi connectivity index (χ0v) is 15.6. The third-order valence-electron chi connectivity index (χ3n) is 5.07. The van der Waals surface area contributed by atoms with Crippen molar-refractivity contribution < 1.29 is 14.3 Å². The fraction of sp³-hybridized carbons (Fsp3) is 0.600. The molecule has 0 aromatic carbocycles. The van der Waals surface area contributed by atoms with E-state index in [2.05, 4.69) is 4.98 Å². The summed E-state index contributed by atoms with van der Waals surface area (Å²) in [5.41, 5.74) is 0.0692. The van der Waals surface area contributed by atoms with Gasteiger partial charge in [-0.05, 0) is 65.0 Å². The molecule has 2 atom stereocenters. The molecule has 1 aromatic heterocycles. The summed E-state index contributed by atoms with van der Waals surface area (Å²) in [4.78, 5) is 31.5. The molecule has 0 spiro atoms. The maximum Gasteiger partial charge on any atom is 0.410 e. The molecule has 0 N–H and O–H groups in total. The van der Waals surface area contributed by atoms with Crippen molar-refractivity contribution in [3.05, 3.63) is 29.6 Å². The molecule has 2 fully saturated rings. The Balaban J connectivity index is 1.76. The summed E-state index contributed by atoms with van der Waals surface area (Å²) >= 11 is 0. The number of piperidine rings is 2. The van der Waals surface area contributed by atoms with Crippen molar-refractivity contribution in [2.45, 2.75) is 70.6 Å². The average Bonchev–Trinajstić information content (AvgIpc) is 2.58. The lowest BCUT2D eigenvalue weighted by atomic mass is 9.76. The highest BCUT2D eigenvalue weighted by Gasteiger charge is 2.44. The van der Waals surface area contributed by atoms with Crippen LogP contribution in [0.1, 0.15) is 69.1 Å². The van der Waals surface area contributed by atoms with Crippen molar-refractivity contribution in [2.75, 3.05) is 0 Å². The summed E-state index contributed by atoms with van der Waals surface area (Å²) in [6.07, 6.45) is 3.84. The molecular formula is C20H25N3O3. The van der Waals surface area contributed by atoms with Crippen molar-refractivity contribution in [1.29, 1.82) is 5.26 Å². The monoisotopic (exact) mass is 355 g/mol. The number of Topliss-reactive ketones (excluding diaryl/α,β-unsaturated/α-hetero) is 1. The summed E-state index contributed by atoms with van der Waals surface area (Å²) in [7, 11) is 0. The number of hydrogen-bond donors (Lipinski definition) is 0. The number of carbonyl (C=O) groups is 2. The second-order valence-corrected chi connectivity index (χ2v) is 8.18. The van der Waals surface area contributed by atoms with E-state index in [1.165, 1.54) is 0 Å². The van der Waals surface area contributed by atoms with Crippen LogP contribution in [0.4, 0.5) is 4.79 Å². The van der Waals surface area contributed by atoms with Gasteiger partial charge in [-0.1, -0.05) is 6.07 Å². The SMILES string of the molecule is CC(C)(C)OC(=O)N1C2CCCC1CC(C(=O)c1cccc(C#N)n1)C2. The first-order chi connectivity index (χ1) is 12.3. The Morgan fingerprint density at radius 2 is 1.88 bits per heavy atom. The molecule has 2 bridgehead atoms. The number of carbonyl (C=O) groups excluding carboxylic acids is 2. The number of fused-ring (bicyclic) bond motifs is 2. The highest BCUT2D eigenvalue weighted by molar-refractivity contribution is 5.96. The first kappa shape index (κ1) is 18.4. The summed E-state index contributed by atoms with van der Waals surface area (Å²) in [6, 6.07) is 6.99. The lowest BCUT2D eigenvalue weighted by Gasteiger charge is -2.48. The molecular weight excluding hydrogens is 330 g/mol. The first-order valence-electron chi connectivity index (χ1n) is 9.21. The van der Waals surface area contributed by atoms with Gasteiger partial charge in [0.05, 0.1) is 0 Å². The molecule has 2 unspecified atom stereocenters. The number of ketones is 1. The van der Waals surface area contributed by atoms with Gasteiger partial charge in [0.1, 0.15) is 23.1 Å². The maximum absolute atomic E-state index is 12.9. The quantitative estimate of drug-likeness (QED) is 0.755. The van der Waals surface area contributed by atoms with E-state index >= 15 is 0 Å². The highest BCUT2D eigenvalue weighted by atomic mass is 16.6. The van der Waals surface area contributed by atoms with Gasteiger partial charge in [-0.3, -0.25) is 4.79 Å². The summed E-state index contributed by atoms with van der Waals surface area (Å²) in [6.45, 7) is 5.60. The molecule has 138 valence electrons. The van der Waals surface area contributed by atoms with E-state index < -0.39 is 5.60 Å². The van der Waals surface area contributed by atoms with Crippen molar-refractivity contribution in [2.24, 2.45) is 5.92 Å². The molecule has 0 saturated carbocycles. The Bertz CT molecular complexity index is 733. The molecule has 26 heavy (non-hydrogen) atoms. The van der Waals surface area contributed by atoms with Crippen LogP contribution in [0.25, 0.3) is 0 Å². The van der Waals surface area contributed by atoms with Crippen molar-refractivity contribution >= 4 is 11.9 Å². The first-order valence-corrected chi connectivity index (χ1v) is 9.21. The third kappa shape index (κ3) is 3.87. The van der Waals surface area contributed by atoms with Crippen LogP contribution < -0.4 is 0 Å². The Morgan fingerprint density at radius 1 is 1.23 bits per heavy atom. The van der Waals surface area contributed by atoms with E-state index in [9.17, 15) is 9.59 Å². The Morgan fingerprint density at radius 3 is 2.46 bits per heavy atom. The van der Waals surface area contributed by atoms with Gasteiger partial charge in [0.25, 0.3) is 0 Å². The largest absolute Gasteiger partial charge is 0.444 e. The van der Waals surface area contributed by atoms with Gasteiger partial charge >= 0.3 is 6.09 Å². The zero-order chi connectivity index (χ0) is 18.9. The molecule has 2 aliphatic heterocycles. The van der Waals surface area contributed by atoms with Crippen molar-refractivity contribution in [3.8, 4) is 6.07 Å². The molecule has 2 saturated heterocycles. The standard InChI is InChI=1S/C20H25N3O3/c1-20(2,3)26-19(25)23-15-7-5-8-16(23)11-13(10-15)18(24)17-9-4-6-14(12-21)22-17/h4,6,9,13,15-16H,5,7-8,10-11H2,1-3H3. The molecule has 0 aliphatic carbocycles. The van der Waals surface area contributed by atoms with Crippen LogP contribution in [-0.2, 0) is 4.74 Å². The van der Waals surface area contributed by atoms with Gasteiger partial charge in [0, 0.05) is 18.0 Å². The van der Waals surface area contributed by atoms with E-state index in [0.717, 1.165) is 19.3 Å². The van der Waals surface area contributed by atoms with Crippen molar-refractivity contribution in [3.63, 3.8) is 0 Å². The van der Waals surface area contributed by atoms with Crippen LogP contribution in [0.2, 0.25) is 0 Å². The molecule has 3 heterocycles. The minimum Gasteiger partial charge on any atom is -0.444 e. The number of hydrogen-bond acceptors (Lipinski definition) is 5. The van der Waals surface area contributed by atoms with Crippen LogP contribution in [0.5, 0.6) is 0 Å². The Kier molecular flexibility index (Phi) is 4.99. The predicted octanol–water partition coefficient (Wildman–Crippen LogP) is 3.70. The summed E-state index contributed by atoms with van der Waals surface area (Å²) in [5, 5.41) is 8.99. The molecule has 6 nitrogen and oxygen atoms in total. The minimum absolute atomic E-state index is 0.0251. The van der Waals surface area contributed by atoms with E-state index in [1.54, 1.807) is 18.2 Å². The number of aromatic nitrogens is 1. The number of pyridine rings is 1. The third-order valence-corrected chi connectivity index (χ3v) is 5.07. The van der Waals surface area contributed by atoms with Gasteiger partial charge in [-0.25, -0.2) is 9.78 Å². The van der Waals surface area contributed by atoms with Gasteiger partial charge in [0.2, 0.25) is 0 Å². The molecule has 6 heteroatoms. The van der Waals surface area contributed by atoms with E-state index in [1.807, 2.05) is 31.7 Å². The van der Waals surface area contributed by atoms with Crippen LogP contribution in [0.15, 0.2) is 18.2 Å². The lowest BCUT2D eigenvalue weighted by Crippen LogP contribution is -2.56. The summed E-state index contributed by atoms with van der Waals surface area (Å²) in [5.74, 6) is -0.187. The van der Waals surface area contributed by atoms with E-state index in [4.69, 9.17) is 10.00 Å². The predicted molar refractivity (Wildman–Crippen MR) is 95.5 cm³/mol. The van der Waals surface area contributed by atoms with Gasteiger partial charge in [-0.15, -0.1) is 0 Å². The van der Waals surface area contributed by atoms with Crippen LogP contribution in [0, 0.1) is 17.2 Å². The van der Waals surface area contributed by atoms with Gasteiger partial charge in [0.15, 0.2) is 5.78 Å². The summed E-state index contributed by atoms with van der Waals surface area (Å²) < 4.78 is 5.58. The fourth-order valence-corrected chi connectivity index (χ4v) is 4.05. The van der Waals surface area contributed by atoms with Gasteiger partial charge in [-0.2, -0.15) is 5.26 Å². The number of nitrogens with zero attached hydrogens (tertiary/aromatic N) is 3. The van der Waals surface area contributed by atoms with Crippen LogP contribution >= 0.6 is 0 Å². The topological polar surface area (TPSA) is 83.3 Å². The number of rotatable bonds is 2. The second kappa shape index (κ2) is 7.06. The highest BCUT2D eigenvalue weighted by Crippen LogP contribution is 2.39. The fourth-order valence-electron chi connectivity index (χ4n) is 4.05. The molecule has 1 aromatic rings. The normalized spacial score (nSPS) is 25.3. The van der Waals surface area contributed by atoms with Crippen molar-refractivity contribution in [1.82, 2.24) is 9.88 Å². The lowest BCUT2D eigenvalue weighted by molar-refractivity contribution is -0.0261. The minimum atomic E-state index is -0.528. The number of nitriles is 1. The molecule has 0 radical (unpaired) electrons. The van der Waals surface area contributed by atoms with Crippen LogP contribution in [-0.4, -0.2) is 39.4 Å². The molecule has 3 rings (SSSR count). The average molecular weight is 355 g/mol. The van der Waals surface area contributed by atoms with Crippen LogP contribution in [0.3, 0.4) is 0 Å². The molecule has 2 aliphatic rings. The van der Waals surface area contributed by atoms with E-state index in [-0.39, 0.29) is 35.6 Å². The van der Waals surface area contributed by atoms with Gasteiger partial charge < -0.3 is 9.64 Å².